The zero-order chi connectivity index (χ0) is 14.5. The maximum atomic E-state index is 12.8. The average Bonchev–Trinajstić information content (AvgIpc) is 2.46. The van der Waals surface area contributed by atoms with Crippen molar-refractivity contribution in [1.29, 1.82) is 0 Å². The van der Waals surface area contributed by atoms with E-state index in [0.29, 0.717) is 5.92 Å². The Morgan fingerprint density at radius 3 is 2.71 bits per heavy atom. The normalized spacial score (nSPS) is 20.1. The zero-order valence-electron chi connectivity index (χ0n) is 12.2. The van der Waals surface area contributed by atoms with Crippen LogP contribution in [0.2, 0.25) is 0 Å². The van der Waals surface area contributed by atoms with E-state index in [4.69, 9.17) is 5.73 Å². The molecule has 0 spiro atoms. The number of piperidine rings is 1. The standard InChI is InChI=1S/C16H21FN2O.ClH/c1-12(18)14-3-2-10-19(11-14)16(20)9-6-13-4-7-15(17)8-5-13;/h4-9,12,14H,2-3,10-11,18H2,1H3;1H. The summed E-state index contributed by atoms with van der Waals surface area (Å²) in [4.78, 5) is 14.0. The van der Waals surface area contributed by atoms with E-state index in [-0.39, 0.29) is 30.2 Å². The van der Waals surface area contributed by atoms with Crippen LogP contribution in [0.5, 0.6) is 0 Å². The number of rotatable bonds is 3. The third-order valence-electron chi connectivity index (χ3n) is 3.80. The van der Waals surface area contributed by atoms with E-state index in [2.05, 4.69) is 0 Å². The molecule has 0 aliphatic carbocycles. The number of carbonyl (C=O) groups is 1. The highest BCUT2D eigenvalue weighted by atomic mass is 35.5. The Labute approximate surface area is 131 Å². The van der Waals surface area contributed by atoms with Gasteiger partial charge in [0.15, 0.2) is 0 Å². The van der Waals surface area contributed by atoms with Gasteiger partial charge in [0.2, 0.25) is 5.91 Å². The van der Waals surface area contributed by atoms with Crippen LogP contribution in [0.15, 0.2) is 30.3 Å². The highest BCUT2D eigenvalue weighted by molar-refractivity contribution is 5.91. The Kier molecular flexibility index (Phi) is 6.85. The van der Waals surface area contributed by atoms with E-state index >= 15 is 0 Å². The monoisotopic (exact) mass is 312 g/mol. The number of likely N-dealkylation sites (tertiary alicyclic amines) is 1. The largest absolute Gasteiger partial charge is 0.339 e. The summed E-state index contributed by atoms with van der Waals surface area (Å²) >= 11 is 0. The third-order valence-corrected chi connectivity index (χ3v) is 3.80. The summed E-state index contributed by atoms with van der Waals surface area (Å²) < 4.78 is 12.8. The molecule has 2 N–H and O–H groups in total. The Morgan fingerprint density at radius 1 is 1.43 bits per heavy atom. The van der Waals surface area contributed by atoms with Crippen LogP contribution in [0.3, 0.4) is 0 Å². The summed E-state index contributed by atoms with van der Waals surface area (Å²) in [6, 6.07) is 6.20. The van der Waals surface area contributed by atoms with E-state index in [1.165, 1.54) is 12.1 Å². The van der Waals surface area contributed by atoms with Crippen LogP contribution in [-0.2, 0) is 4.79 Å². The molecular formula is C16H22ClFN2O. The van der Waals surface area contributed by atoms with Crippen molar-refractivity contribution in [2.45, 2.75) is 25.8 Å². The minimum absolute atomic E-state index is 0. The first-order valence-electron chi connectivity index (χ1n) is 7.04. The Bertz CT molecular complexity index is 488. The Hall–Kier alpha value is -1.39. The molecule has 3 nitrogen and oxygen atoms in total. The lowest BCUT2D eigenvalue weighted by molar-refractivity contribution is -0.127. The van der Waals surface area contributed by atoms with Gasteiger partial charge in [-0.15, -0.1) is 12.4 Å². The van der Waals surface area contributed by atoms with Gasteiger partial charge in [-0.25, -0.2) is 4.39 Å². The van der Waals surface area contributed by atoms with Gasteiger partial charge in [-0.2, -0.15) is 0 Å². The van der Waals surface area contributed by atoms with Crippen LogP contribution in [0, 0.1) is 11.7 Å². The van der Waals surface area contributed by atoms with Gasteiger partial charge in [0, 0.05) is 25.2 Å². The lowest BCUT2D eigenvalue weighted by Gasteiger charge is -2.34. The molecule has 1 aliphatic heterocycles. The van der Waals surface area contributed by atoms with E-state index in [0.717, 1.165) is 31.5 Å². The second-order valence-corrected chi connectivity index (χ2v) is 5.43. The maximum Gasteiger partial charge on any atom is 0.246 e. The van der Waals surface area contributed by atoms with Gasteiger partial charge in [0.05, 0.1) is 0 Å². The molecule has 1 fully saturated rings. The molecule has 1 aromatic rings. The molecule has 2 rings (SSSR count). The summed E-state index contributed by atoms with van der Waals surface area (Å²) in [5.41, 5.74) is 6.74. The third kappa shape index (κ3) is 5.14. The highest BCUT2D eigenvalue weighted by Gasteiger charge is 2.24. The van der Waals surface area contributed by atoms with Crippen LogP contribution in [0.1, 0.15) is 25.3 Å². The van der Waals surface area contributed by atoms with Crippen LogP contribution in [-0.4, -0.2) is 29.9 Å². The molecule has 0 bridgehead atoms. The lowest BCUT2D eigenvalue weighted by atomic mass is 9.92. The quantitative estimate of drug-likeness (QED) is 0.872. The second-order valence-electron chi connectivity index (χ2n) is 5.43. The molecule has 0 radical (unpaired) electrons. The summed E-state index contributed by atoms with van der Waals surface area (Å²) in [5.74, 6) is 0.107. The fourth-order valence-corrected chi connectivity index (χ4v) is 2.49. The number of hydrogen-bond donors (Lipinski definition) is 1. The van der Waals surface area contributed by atoms with Crippen molar-refractivity contribution in [3.8, 4) is 0 Å². The van der Waals surface area contributed by atoms with Gasteiger partial charge in [0.1, 0.15) is 5.82 Å². The minimum Gasteiger partial charge on any atom is -0.339 e. The summed E-state index contributed by atoms with van der Waals surface area (Å²) in [7, 11) is 0. The first-order valence-corrected chi connectivity index (χ1v) is 7.04. The van der Waals surface area contributed by atoms with Gasteiger partial charge in [0.25, 0.3) is 0 Å². The topological polar surface area (TPSA) is 46.3 Å². The molecule has 0 saturated carbocycles. The van der Waals surface area contributed by atoms with Crippen molar-refractivity contribution in [2.75, 3.05) is 13.1 Å². The van der Waals surface area contributed by atoms with Gasteiger partial charge in [-0.05, 0) is 49.5 Å². The van der Waals surface area contributed by atoms with Gasteiger partial charge in [-0.3, -0.25) is 4.79 Å². The van der Waals surface area contributed by atoms with Crippen LogP contribution in [0.25, 0.3) is 6.08 Å². The average molecular weight is 313 g/mol. The molecule has 0 aromatic heterocycles. The number of carbonyl (C=O) groups excluding carboxylic acids is 1. The van der Waals surface area contributed by atoms with Crippen molar-refractivity contribution in [3.05, 3.63) is 41.7 Å². The predicted molar refractivity (Wildman–Crippen MR) is 85.6 cm³/mol. The molecule has 1 aromatic carbocycles. The predicted octanol–water partition coefficient (Wildman–Crippen LogP) is 2.85. The number of benzene rings is 1. The fourth-order valence-electron chi connectivity index (χ4n) is 2.49. The summed E-state index contributed by atoms with van der Waals surface area (Å²) in [6.07, 6.45) is 5.36. The molecule has 5 heteroatoms. The molecule has 116 valence electrons. The number of halogens is 2. The van der Waals surface area contributed by atoms with Gasteiger partial charge in [-0.1, -0.05) is 12.1 Å². The van der Waals surface area contributed by atoms with Gasteiger partial charge >= 0.3 is 0 Å². The molecule has 1 heterocycles. The number of hydrogen-bond acceptors (Lipinski definition) is 2. The van der Waals surface area contributed by atoms with E-state index in [9.17, 15) is 9.18 Å². The number of nitrogens with two attached hydrogens (primary N) is 1. The number of nitrogens with zero attached hydrogens (tertiary/aromatic N) is 1. The summed E-state index contributed by atoms with van der Waals surface area (Å²) in [5, 5.41) is 0. The molecule has 21 heavy (non-hydrogen) atoms. The maximum absolute atomic E-state index is 12.8. The van der Waals surface area contributed by atoms with Crippen molar-refractivity contribution < 1.29 is 9.18 Å². The van der Waals surface area contributed by atoms with E-state index in [1.54, 1.807) is 24.3 Å². The molecule has 1 saturated heterocycles. The molecule has 1 amide bonds. The van der Waals surface area contributed by atoms with Crippen molar-refractivity contribution >= 4 is 24.4 Å². The van der Waals surface area contributed by atoms with Crippen molar-refractivity contribution in [2.24, 2.45) is 11.7 Å². The highest BCUT2D eigenvalue weighted by Crippen LogP contribution is 2.19. The lowest BCUT2D eigenvalue weighted by Crippen LogP contribution is -2.44. The minimum atomic E-state index is -0.274. The van der Waals surface area contributed by atoms with E-state index < -0.39 is 0 Å². The zero-order valence-corrected chi connectivity index (χ0v) is 13.0. The second kappa shape index (κ2) is 8.15. The SMILES string of the molecule is CC(N)C1CCCN(C(=O)C=Cc2ccc(F)cc2)C1.Cl. The molecular weight excluding hydrogens is 291 g/mol. The number of amides is 1. The fraction of sp³-hybridized carbons (Fsp3) is 0.438. The van der Waals surface area contributed by atoms with Gasteiger partial charge < -0.3 is 10.6 Å². The van der Waals surface area contributed by atoms with Crippen molar-refractivity contribution in [3.63, 3.8) is 0 Å². The Balaban J connectivity index is 0.00000220. The molecule has 1 aliphatic rings. The van der Waals surface area contributed by atoms with Crippen LogP contribution in [0.4, 0.5) is 4.39 Å². The van der Waals surface area contributed by atoms with Crippen molar-refractivity contribution in [1.82, 2.24) is 4.90 Å². The smallest absolute Gasteiger partial charge is 0.246 e. The van der Waals surface area contributed by atoms with Crippen LogP contribution >= 0.6 is 12.4 Å². The van der Waals surface area contributed by atoms with Crippen LogP contribution < -0.4 is 5.73 Å². The molecule has 2 atom stereocenters. The first-order chi connectivity index (χ1) is 9.56. The first kappa shape index (κ1) is 17.7. The molecule has 2 unspecified atom stereocenters. The van der Waals surface area contributed by atoms with E-state index in [1.807, 2.05) is 11.8 Å². The summed E-state index contributed by atoms with van der Waals surface area (Å²) in [6.45, 7) is 3.51. The Morgan fingerprint density at radius 2 is 2.10 bits per heavy atom.